The first-order valence-corrected chi connectivity index (χ1v) is 9.56. The number of carbonyl (C=O) groups is 1. The number of amides is 1. The van der Waals surface area contributed by atoms with Crippen molar-refractivity contribution in [2.45, 2.75) is 19.8 Å². The van der Waals surface area contributed by atoms with Gasteiger partial charge < -0.3 is 10.2 Å². The standard InChI is InChI=1S/C20H21N3OS/c1-14-8-10-23(11-9-14)17-5-3-16(4-6-17)22-20(24)15-2-7-18-19(12-15)25-13-21-18/h2-7,12-14H,8-11H2,1H3,(H,22,24). The summed E-state index contributed by atoms with van der Waals surface area (Å²) in [5.41, 5.74) is 5.44. The van der Waals surface area contributed by atoms with Crippen LogP contribution in [0.5, 0.6) is 0 Å². The van der Waals surface area contributed by atoms with Crippen molar-refractivity contribution in [3.05, 3.63) is 53.5 Å². The van der Waals surface area contributed by atoms with E-state index in [4.69, 9.17) is 0 Å². The van der Waals surface area contributed by atoms with Crippen molar-refractivity contribution < 1.29 is 4.79 Å². The number of nitrogens with zero attached hydrogens (tertiary/aromatic N) is 2. The average molecular weight is 351 g/mol. The van der Waals surface area contributed by atoms with E-state index in [1.165, 1.54) is 18.5 Å². The summed E-state index contributed by atoms with van der Waals surface area (Å²) in [6.07, 6.45) is 2.50. The summed E-state index contributed by atoms with van der Waals surface area (Å²) in [7, 11) is 0. The highest BCUT2D eigenvalue weighted by Crippen LogP contribution is 2.25. The minimum Gasteiger partial charge on any atom is -0.372 e. The lowest BCUT2D eigenvalue weighted by Crippen LogP contribution is -2.32. The number of piperidine rings is 1. The molecule has 1 N–H and O–H groups in total. The summed E-state index contributed by atoms with van der Waals surface area (Å²) < 4.78 is 1.03. The predicted molar refractivity (Wildman–Crippen MR) is 105 cm³/mol. The fraction of sp³-hybridized carbons (Fsp3) is 0.300. The van der Waals surface area contributed by atoms with E-state index < -0.39 is 0 Å². The molecular weight excluding hydrogens is 330 g/mol. The largest absolute Gasteiger partial charge is 0.372 e. The molecule has 0 atom stereocenters. The van der Waals surface area contributed by atoms with Crippen molar-refractivity contribution in [1.29, 1.82) is 0 Å². The average Bonchev–Trinajstić information content (AvgIpc) is 3.11. The Morgan fingerprint density at radius 2 is 1.92 bits per heavy atom. The molecule has 0 spiro atoms. The Morgan fingerprint density at radius 1 is 1.16 bits per heavy atom. The van der Waals surface area contributed by atoms with Gasteiger partial charge in [0.15, 0.2) is 0 Å². The summed E-state index contributed by atoms with van der Waals surface area (Å²) in [5, 5.41) is 2.98. The summed E-state index contributed by atoms with van der Waals surface area (Å²) in [6, 6.07) is 13.8. The number of benzene rings is 2. The molecule has 0 unspecified atom stereocenters. The first kappa shape index (κ1) is 16.1. The molecule has 4 rings (SSSR count). The highest BCUT2D eigenvalue weighted by atomic mass is 32.1. The van der Waals surface area contributed by atoms with Gasteiger partial charge in [0.25, 0.3) is 5.91 Å². The molecule has 25 heavy (non-hydrogen) atoms. The second-order valence-corrected chi connectivity index (χ2v) is 7.59. The Hall–Kier alpha value is -2.40. The van der Waals surface area contributed by atoms with Crippen LogP contribution < -0.4 is 10.2 Å². The highest BCUT2D eigenvalue weighted by Gasteiger charge is 2.16. The number of hydrogen-bond donors (Lipinski definition) is 1. The molecule has 1 fully saturated rings. The summed E-state index contributed by atoms with van der Waals surface area (Å²) in [5.74, 6) is 0.737. The molecule has 1 aliphatic rings. The van der Waals surface area contributed by atoms with Gasteiger partial charge in [-0.1, -0.05) is 6.92 Å². The van der Waals surface area contributed by atoms with E-state index in [9.17, 15) is 4.79 Å². The number of hydrogen-bond acceptors (Lipinski definition) is 4. The van der Waals surface area contributed by atoms with Gasteiger partial charge in [-0.25, -0.2) is 4.98 Å². The maximum absolute atomic E-state index is 12.5. The van der Waals surface area contributed by atoms with Crippen molar-refractivity contribution in [2.24, 2.45) is 5.92 Å². The monoisotopic (exact) mass is 351 g/mol. The van der Waals surface area contributed by atoms with Gasteiger partial charge in [-0.15, -0.1) is 11.3 Å². The zero-order valence-electron chi connectivity index (χ0n) is 14.2. The molecule has 1 aromatic heterocycles. The van der Waals surface area contributed by atoms with E-state index in [0.717, 1.165) is 34.9 Å². The molecule has 1 amide bonds. The van der Waals surface area contributed by atoms with Crippen molar-refractivity contribution in [3.63, 3.8) is 0 Å². The first-order chi connectivity index (χ1) is 12.2. The highest BCUT2D eigenvalue weighted by molar-refractivity contribution is 7.16. The number of fused-ring (bicyclic) bond motifs is 1. The van der Waals surface area contributed by atoms with Crippen molar-refractivity contribution in [2.75, 3.05) is 23.3 Å². The summed E-state index contributed by atoms with van der Waals surface area (Å²) in [6.45, 7) is 4.54. The van der Waals surface area contributed by atoms with Crippen LogP contribution in [0.3, 0.4) is 0 Å². The van der Waals surface area contributed by atoms with Gasteiger partial charge in [-0.2, -0.15) is 0 Å². The van der Waals surface area contributed by atoms with Crippen LogP contribution in [0.15, 0.2) is 48.0 Å². The SMILES string of the molecule is CC1CCN(c2ccc(NC(=O)c3ccc4ncsc4c3)cc2)CC1. The van der Waals surface area contributed by atoms with Crippen molar-refractivity contribution >= 4 is 38.8 Å². The Labute approximate surface area is 151 Å². The molecule has 0 aliphatic carbocycles. The van der Waals surface area contributed by atoms with Crippen molar-refractivity contribution in [3.8, 4) is 0 Å². The fourth-order valence-corrected chi connectivity index (χ4v) is 3.94. The lowest BCUT2D eigenvalue weighted by molar-refractivity contribution is 0.102. The van der Waals surface area contributed by atoms with E-state index in [0.29, 0.717) is 5.56 Å². The van der Waals surface area contributed by atoms with E-state index in [-0.39, 0.29) is 5.91 Å². The van der Waals surface area contributed by atoms with Gasteiger partial charge in [0.05, 0.1) is 15.7 Å². The summed E-state index contributed by atoms with van der Waals surface area (Å²) >= 11 is 1.55. The van der Waals surface area contributed by atoms with Crippen LogP contribution in [-0.2, 0) is 0 Å². The number of thiazole rings is 1. The van der Waals surface area contributed by atoms with Crippen LogP contribution in [0.4, 0.5) is 11.4 Å². The molecule has 2 heterocycles. The zero-order valence-corrected chi connectivity index (χ0v) is 15.1. The van der Waals surface area contributed by atoms with Crippen LogP contribution >= 0.6 is 11.3 Å². The molecule has 2 aromatic carbocycles. The van der Waals surface area contributed by atoms with Gasteiger partial charge in [0.2, 0.25) is 0 Å². The number of nitrogens with one attached hydrogen (secondary N) is 1. The molecule has 1 saturated heterocycles. The Balaban J connectivity index is 1.44. The fourth-order valence-electron chi connectivity index (χ4n) is 3.22. The lowest BCUT2D eigenvalue weighted by atomic mass is 9.99. The normalized spacial score (nSPS) is 15.5. The molecule has 128 valence electrons. The number of rotatable bonds is 3. The third kappa shape index (κ3) is 3.51. The quantitative estimate of drug-likeness (QED) is 0.738. The van der Waals surface area contributed by atoms with Crippen LogP contribution in [0.25, 0.3) is 10.2 Å². The number of carbonyl (C=O) groups excluding carboxylic acids is 1. The van der Waals surface area contributed by atoms with E-state index in [1.54, 1.807) is 16.8 Å². The molecule has 0 saturated carbocycles. The topological polar surface area (TPSA) is 45.2 Å². The molecule has 0 radical (unpaired) electrons. The lowest BCUT2D eigenvalue weighted by Gasteiger charge is -2.32. The van der Waals surface area contributed by atoms with Gasteiger partial charge in [-0.05, 0) is 61.2 Å². The zero-order chi connectivity index (χ0) is 17.2. The second kappa shape index (κ2) is 6.84. The van der Waals surface area contributed by atoms with E-state index >= 15 is 0 Å². The first-order valence-electron chi connectivity index (χ1n) is 8.69. The minimum atomic E-state index is -0.0881. The number of aromatic nitrogens is 1. The molecule has 4 nitrogen and oxygen atoms in total. The smallest absolute Gasteiger partial charge is 0.255 e. The maximum Gasteiger partial charge on any atom is 0.255 e. The van der Waals surface area contributed by atoms with Crippen molar-refractivity contribution in [1.82, 2.24) is 4.98 Å². The third-order valence-electron chi connectivity index (χ3n) is 4.87. The molecule has 5 heteroatoms. The van der Waals surface area contributed by atoms with Gasteiger partial charge in [0.1, 0.15) is 0 Å². The van der Waals surface area contributed by atoms with Gasteiger partial charge in [-0.3, -0.25) is 4.79 Å². The second-order valence-electron chi connectivity index (χ2n) is 6.71. The molecular formula is C20H21N3OS. The predicted octanol–water partition coefficient (Wildman–Crippen LogP) is 4.78. The molecule has 1 aliphatic heterocycles. The molecule has 0 bridgehead atoms. The summed E-state index contributed by atoms with van der Waals surface area (Å²) in [4.78, 5) is 19.1. The van der Waals surface area contributed by atoms with Crippen LogP contribution in [0.1, 0.15) is 30.1 Å². The van der Waals surface area contributed by atoms with Crippen LogP contribution in [0.2, 0.25) is 0 Å². The Bertz CT molecular complexity index is 879. The van der Waals surface area contributed by atoms with Crippen LogP contribution in [0, 0.1) is 5.92 Å². The minimum absolute atomic E-state index is 0.0881. The molecule has 3 aromatic rings. The van der Waals surface area contributed by atoms with Gasteiger partial charge >= 0.3 is 0 Å². The van der Waals surface area contributed by atoms with Gasteiger partial charge in [0, 0.05) is 30.0 Å². The maximum atomic E-state index is 12.5. The van der Waals surface area contributed by atoms with E-state index in [1.807, 2.05) is 30.3 Å². The Kier molecular flexibility index (Phi) is 4.40. The van der Waals surface area contributed by atoms with E-state index in [2.05, 4.69) is 34.3 Å². The number of anilines is 2. The third-order valence-corrected chi connectivity index (χ3v) is 5.66. The van der Waals surface area contributed by atoms with Crippen LogP contribution in [-0.4, -0.2) is 24.0 Å². The Morgan fingerprint density at radius 3 is 2.68 bits per heavy atom.